The second-order valence-corrected chi connectivity index (χ2v) is 8.05. The van der Waals surface area contributed by atoms with E-state index >= 15 is 0 Å². The minimum atomic E-state index is -0.143. The summed E-state index contributed by atoms with van der Waals surface area (Å²) in [5.74, 6) is 1.16. The maximum Gasteiger partial charge on any atom is 0.254 e. The van der Waals surface area contributed by atoms with Crippen molar-refractivity contribution in [3.8, 4) is 0 Å². The summed E-state index contributed by atoms with van der Waals surface area (Å²) in [4.78, 5) is 25.2. The molecule has 0 saturated carbocycles. The largest absolute Gasteiger partial charge is 0.372 e. The zero-order valence-corrected chi connectivity index (χ0v) is 17.7. The Hall–Kier alpha value is -2.67. The number of benzene rings is 1. The number of nitrogens with zero attached hydrogens (tertiary/aromatic N) is 4. The van der Waals surface area contributed by atoms with Crippen LogP contribution in [0, 0.1) is 5.92 Å². The molecule has 156 valence electrons. The third-order valence-electron chi connectivity index (χ3n) is 5.25. The van der Waals surface area contributed by atoms with Gasteiger partial charge in [0.05, 0.1) is 5.56 Å². The Bertz CT molecular complexity index is 767. The van der Waals surface area contributed by atoms with Gasteiger partial charge < -0.3 is 20.4 Å². The van der Waals surface area contributed by atoms with E-state index < -0.39 is 0 Å². The lowest BCUT2D eigenvalue weighted by molar-refractivity contribution is 0.0951. The van der Waals surface area contributed by atoms with Gasteiger partial charge in [0.2, 0.25) is 5.95 Å². The SMILES string of the molecule is CC1CCN(c2ccc(Nc3ncc(C(=O)NCCCN(C)C)cn3)cc2)CC1. The lowest BCUT2D eigenvalue weighted by atomic mass is 9.99. The number of hydrogen-bond acceptors (Lipinski definition) is 6. The van der Waals surface area contributed by atoms with Gasteiger partial charge in [0, 0.05) is 43.4 Å². The number of nitrogens with one attached hydrogen (secondary N) is 2. The van der Waals surface area contributed by atoms with Crippen molar-refractivity contribution in [3.05, 3.63) is 42.2 Å². The van der Waals surface area contributed by atoms with Crippen LogP contribution in [0.4, 0.5) is 17.3 Å². The molecule has 3 rings (SSSR count). The number of aromatic nitrogens is 2. The summed E-state index contributed by atoms with van der Waals surface area (Å²) in [6, 6.07) is 8.35. The van der Waals surface area contributed by atoms with Crippen molar-refractivity contribution in [3.63, 3.8) is 0 Å². The molecule has 2 aromatic rings. The minimum Gasteiger partial charge on any atom is -0.372 e. The average Bonchev–Trinajstić information content (AvgIpc) is 2.73. The highest BCUT2D eigenvalue weighted by Gasteiger charge is 2.15. The molecule has 0 radical (unpaired) electrons. The molecule has 0 bridgehead atoms. The fourth-order valence-corrected chi connectivity index (χ4v) is 3.36. The van der Waals surface area contributed by atoms with Gasteiger partial charge in [-0.25, -0.2) is 9.97 Å². The number of hydrogen-bond donors (Lipinski definition) is 2. The molecule has 2 N–H and O–H groups in total. The summed E-state index contributed by atoms with van der Waals surface area (Å²) in [6.07, 6.45) is 6.53. The summed E-state index contributed by atoms with van der Waals surface area (Å²) in [6.45, 7) is 6.14. The third-order valence-corrected chi connectivity index (χ3v) is 5.25. The van der Waals surface area contributed by atoms with Crippen LogP contribution in [-0.4, -0.2) is 61.0 Å². The average molecular weight is 397 g/mol. The number of carbonyl (C=O) groups is 1. The maximum absolute atomic E-state index is 12.1. The van der Waals surface area contributed by atoms with Gasteiger partial charge >= 0.3 is 0 Å². The lowest BCUT2D eigenvalue weighted by Crippen LogP contribution is -2.32. The second-order valence-electron chi connectivity index (χ2n) is 8.05. The molecule has 7 nitrogen and oxygen atoms in total. The first-order valence-corrected chi connectivity index (χ1v) is 10.4. The van der Waals surface area contributed by atoms with Crippen LogP contribution >= 0.6 is 0 Å². The van der Waals surface area contributed by atoms with Gasteiger partial charge in [0.15, 0.2) is 0 Å². The Balaban J connectivity index is 1.49. The van der Waals surface area contributed by atoms with Crippen molar-refractivity contribution in [2.75, 3.05) is 50.5 Å². The van der Waals surface area contributed by atoms with E-state index in [1.54, 1.807) is 12.4 Å². The highest BCUT2D eigenvalue weighted by atomic mass is 16.1. The Morgan fingerprint density at radius 2 is 1.79 bits per heavy atom. The van der Waals surface area contributed by atoms with E-state index in [1.807, 2.05) is 26.2 Å². The predicted molar refractivity (Wildman–Crippen MR) is 118 cm³/mol. The summed E-state index contributed by atoms with van der Waals surface area (Å²) < 4.78 is 0. The molecule has 2 heterocycles. The first-order valence-electron chi connectivity index (χ1n) is 10.4. The molecule has 1 saturated heterocycles. The van der Waals surface area contributed by atoms with Gasteiger partial charge in [-0.3, -0.25) is 4.79 Å². The highest BCUT2D eigenvalue weighted by molar-refractivity contribution is 5.93. The molecule has 0 spiro atoms. The van der Waals surface area contributed by atoms with E-state index in [4.69, 9.17) is 0 Å². The van der Waals surface area contributed by atoms with Crippen LogP contribution < -0.4 is 15.5 Å². The molecule has 1 fully saturated rings. The van der Waals surface area contributed by atoms with Crippen LogP contribution in [0.2, 0.25) is 0 Å². The quantitative estimate of drug-likeness (QED) is 0.668. The molecule has 7 heteroatoms. The van der Waals surface area contributed by atoms with E-state index in [-0.39, 0.29) is 5.91 Å². The summed E-state index contributed by atoms with van der Waals surface area (Å²) in [7, 11) is 4.03. The van der Waals surface area contributed by atoms with Crippen molar-refractivity contribution in [2.24, 2.45) is 5.92 Å². The van der Waals surface area contributed by atoms with Gasteiger partial charge in [-0.1, -0.05) is 6.92 Å². The van der Waals surface area contributed by atoms with E-state index in [1.165, 1.54) is 18.5 Å². The Kier molecular flexibility index (Phi) is 7.41. The van der Waals surface area contributed by atoms with E-state index in [2.05, 4.69) is 49.5 Å². The van der Waals surface area contributed by atoms with E-state index in [9.17, 15) is 4.79 Å². The Morgan fingerprint density at radius 1 is 1.14 bits per heavy atom. The van der Waals surface area contributed by atoms with Crippen molar-refractivity contribution in [2.45, 2.75) is 26.2 Å². The van der Waals surface area contributed by atoms with E-state index in [0.717, 1.165) is 37.7 Å². The van der Waals surface area contributed by atoms with Crippen molar-refractivity contribution in [1.29, 1.82) is 0 Å². The van der Waals surface area contributed by atoms with Crippen LogP contribution in [0.5, 0.6) is 0 Å². The fourth-order valence-electron chi connectivity index (χ4n) is 3.36. The van der Waals surface area contributed by atoms with Gasteiger partial charge in [-0.15, -0.1) is 0 Å². The zero-order valence-electron chi connectivity index (χ0n) is 17.7. The standard InChI is InChI=1S/C22H32N6O/c1-17-9-13-28(14-10-17)20-7-5-19(6-8-20)26-22-24-15-18(16-25-22)21(29)23-11-4-12-27(2)3/h5-8,15-17H,4,9-14H2,1-3H3,(H,23,29)(H,24,25,26). The maximum atomic E-state index is 12.1. The van der Waals surface area contributed by atoms with Gasteiger partial charge in [-0.05, 0) is 70.1 Å². The minimum absolute atomic E-state index is 0.143. The first-order chi connectivity index (χ1) is 14.0. The molecule has 1 amide bonds. The van der Waals surface area contributed by atoms with Gasteiger partial charge in [-0.2, -0.15) is 0 Å². The number of rotatable bonds is 8. The van der Waals surface area contributed by atoms with E-state index in [0.29, 0.717) is 18.1 Å². The Morgan fingerprint density at radius 3 is 2.41 bits per heavy atom. The molecular weight excluding hydrogens is 364 g/mol. The summed E-state index contributed by atoms with van der Waals surface area (Å²) in [5.41, 5.74) is 2.65. The number of anilines is 3. The van der Waals surface area contributed by atoms with Crippen LogP contribution in [0.25, 0.3) is 0 Å². The molecule has 1 aromatic carbocycles. The van der Waals surface area contributed by atoms with Crippen molar-refractivity contribution >= 4 is 23.2 Å². The zero-order chi connectivity index (χ0) is 20.6. The molecule has 0 atom stereocenters. The Labute approximate surface area is 173 Å². The van der Waals surface area contributed by atoms with Gasteiger partial charge in [0.25, 0.3) is 5.91 Å². The number of carbonyl (C=O) groups excluding carboxylic acids is 1. The lowest BCUT2D eigenvalue weighted by Gasteiger charge is -2.32. The normalized spacial score (nSPS) is 14.8. The van der Waals surface area contributed by atoms with Crippen LogP contribution in [0.1, 0.15) is 36.5 Å². The van der Waals surface area contributed by atoms with Crippen LogP contribution in [0.15, 0.2) is 36.7 Å². The monoisotopic (exact) mass is 396 g/mol. The molecule has 1 aromatic heterocycles. The highest BCUT2D eigenvalue weighted by Crippen LogP contribution is 2.24. The molecule has 29 heavy (non-hydrogen) atoms. The van der Waals surface area contributed by atoms with Crippen LogP contribution in [-0.2, 0) is 0 Å². The summed E-state index contributed by atoms with van der Waals surface area (Å²) in [5, 5.41) is 6.09. The molecule has 0 aliphatic carbocycles. The first kappa shape index (κ1) is 21.0. The smallest absolute Gasteiger partial charge is 0.254 e. The predicted octanol–water partition coefficient (Wildman–Crippen LogP) is 3.14. The summed E-state index contributed by atoms with van der Waals surface area (Å²) >= 11 is 0. The number of piperidine rings is 1. The molecule has 0 unspecified atom stereocenters. The number of amides is 1. The van der Waals surface area contributed by atoms with Gasteiger partial charge in [0.1, 0.15) is 0 Å². The van der Waals surface area contributed by atoms with Crippen molar-refractivity contribution < 1.29 is 4.79 Å². The van der Waals surface area contributed by atoms with Crippen LogP contribution in [0.3, 0.4) is 0 Å². The second kappa shape index (κ2) is 10.2. The third kappa shape index (κ3) is 6.42. The fraction of sp³-hybridized carbons (Fsp3) is 0.500. The van der Waals surface area contributed by atoms with Crippen molar-refractivity contribution in [1.82, 2.24) is 20.2 Å². The topological polar surface area (TPSA) is 73.4 Å². The molecule has 1 aliphatic heterocycles. The molecular formula is C22H32N6O. The molecule has 1 aliphatic rings.